The average Bonchev–Trinajstić information content (AvgIpc) is 2.81. The molecular formula is C28H29F3O. The molecule has 0 heterocycles. The van der Waals surface area contributed by atoms with Crippen LogP contribution in [0, 0.1) is 30.3 Å². The first-order chi connectivity index (χ1) is 15.5. The Morgan fingerprint density at radius 1 is 0.844 bits per heavy atom. The number of hydrogen-bond donors (Lipinski definition) is 0. The Hall–Kier alpha value is -2.75. The molecule has 1 fully saturated rings. The van der Waals surface area contributed by atoms with Gasteiger partial charge in [-0.05, 0) is 85.8 Å². The van der Waals surface area contributed by atoms with Crippen LogP contribution in [0.2, 0.25) is 0 Å². The van der Waals surface area contributed by atoms with Gasteiger partial charge in [0.1, 0.15) is 5.82 Å². The predicted octanol–water partition coefficient (Wildman–Crippen LogP) is 7.99. The molecule has 0 aliphatic heterocycles. The van der Waals surface area contributed by atoms with E-state index in [1.807, 2.05) is 38.1 Å². The molecule has 0 saturated heterocycles. The molecule has 0 amide bonds. The molecule has 1 aliphatic carbocycles. The Kier molecular flexibility index (Phi) is 6.88. The van der Waals surface area contributed by atoms with Crippen molar-refractivity contribution in [1.82, 2.24) is 0 Å². The molecule has 1 saturated carbocycles. The lowest BCUT2D eigenvalue weighted by Crippen LogP contribution is -2.20. The highest BCUT2D eigenvalue weighted by Crippen LogP contribution is 2.38. The van der Waals surface area contributed by atoms with Crippen LogP contribution < -0.4 is 4.74 Å². The molecule has 168 valence electrons. The van der Waals surface area contributed by atoms with E-state index in [-0.39, 0.29) is 29.0 Å². The molecule has 0 N–H and O–H groups in total. The molecule has 0 radical (unpaired) electrons. The van der Waals surface area contributed by atoms with Gasteiger partial charge in [-0.25, -0.2) is 8.78 Å². The van der Waals surface area contributed by atoms with Crippen LogP contribution >= 0.6 is 0 Å². The minimum atomic E-state index is -0.949. The fourth-order valence-electron chi connectivity index (χ4n) is 4.57. The maximum absolute atomic E-state index is 14.7. The van der Waals surface area contributed by atoms with Crippen molar-refractivity contribution in [3.05, 3.63) is 88.7 Å². The molecular weight excluding hydrogens is 409 g/mol. The highest BCUT2D eigenvalue weighted by Gasteiger charge is 2.25. The van der Waals surface area contributed by atoms with Gasteiger partial charge in [0.25, 0.3) is 0 Å². The summed E-state index contributed by atoms with van der Waals surface area (Å²) in [5.74, 6) is -1.54. The predicted molar refractivity (Wildman–Crippen MR) is 123 cm³/mol. The number of halogens is 3. The van der Waals surface area contributed by atoms with Crippen LogP contribution in [0.1, 0.15) is 55.2 Å². The largest absolute Gasteiger partial charge is 0.490 e. The zero-order valence-corrected chi connectivity index (χ0v) is 18.6. The molecule has 1 aliphatic rings. The van der Waals surface area contributed by atoms with Gasteiger partial charge in [0.05, 0.1) is 6.61 Å². The van der Waals surface area contributed by atoms with E-state index < -0.39 is 11.6 Å². The van der Waals surface area contributed by atoms with Gasteiger partial charge in [0.15, 0.2) is 11.6 Å². The van der Waals surface area contributed by atoms with Crippen LogP contribution in [0.5, 0.6) is 5.75 Å². The second-order valence-electron chi connectivity index (χ2n) is 8.84. The molecule has 32 heavy (non-hydrogen) atoms. The van der Waals surface area contributed by atoms with E-state index in [0.717, 1.165) is 48.8 Å². The third-order valence-electron chi connectivity index (χ3n) is 6.64. The Morgan fingerprint density at radius 2 is 1.56 bits per heavy atom. The van der Waals surface area contributed by atoms with Gasteiger partial charge >= 0.3 is 0 Å². The number of benzene rings is 3. The normalized spacial score (nSPS) is 18.5. The quantitative estimate of drug-likeness (QED) is 0.379. The van der Waals surface area contributed by atoms with E-state index in [1.165, 1.54) is 6.07 Å². The molecule has 4 rings (SSSR count). The molecule has 4 heteroatoms. The van der Waals surface area contributed by atoms with Gasteiger partial charge in [-0.3, -0.25) is 0 Å². The van der Waals surface area contributed by atoms with E-state index in [9.17, 15) is 13.2 Å². The molecule has 1 nitrogen and oxygen atoms in total. The van der Waals surface area contributed by atoms with Crippen molar-refractivity contribution < 1.29 is 17.9 Å². The second-order valence-corrected chi connectivity index (χ2v) is 8.84. The van der Waals surface area contributed by atoms with Crippen LogP contribution in [-0.2, 0) is 6.42 Å². The van der Waals surface area contributed by atoms with Gasteiger partial charge in [-0.1, -0.05) is 48.9 Å². The van der Waals surface area contributed by atoms with Gasteiger partial charge in [0, 0.05) is 5.56 Å². The van der Waals surface area contributed by atoms with Crippen molar-refractivity contribution in [2.45, 2.75) is 51.9 Å². The summed E-state index contributed by atoms with van der Waals surface area (Å²) in [6.45, 7) is 4.30. The molecule has 0 unspecified atom stereocenters. The highest BCUT2D eigenvalue weighted by molar-refractivity contribution is 5.65. The summed E-state index contributed by atoms with van der Waals surface area (Å²) in [6.07, 6.45) is 4.33. The van der Waals surface area contributed by atoms with Gasteiger partial charge in [0.2, 0.25) is 5.82 Å². The average molecular weight is 439 g/mol. The number of ether oxygens (including phenoxy) is 1. The minimum Gasteiger partial charge on any atom is -0.490 e. The highest BCUT2D eigenvalue weighted by atomic mass is 19.2. The van der Waals surface area contributed by atoms with E-state index in [0.29, 0.717) is 12.2 Å². The summed E-state index contributed by atoms with van der Waals surface area (Å²) in [6, 6.07) is 15.9. The van der Waals surface area contributed by atoms with E-state index in [2.05, 4.69) is 0 Å². The Bertz CT molecular complexity index is 1070. The lowest BCUT2D eigenvalue weighted by Gasteiger charge is -2.29. The Morgan fingerprint density at radius 3 is 2.22 bits per heavy atom. The fraction of sp³-hybridized carbons (Fsp3) is 0.357. The molecule has 3 aromatic rings. The third kappa shape index (κ3) is 4.85. The first kappa shape index (κ1) is 22.4. The van der Waals surface area contributed by atoms with Crippen LogP contribution in [0.25, 0.3) is 11.1 Å². The maximum Gasteiger partial charge on any atom is 0.201 e. The molecule has 3 aromatic carbocycles. The minimum absolute atomic E-state index is 0.0540. The zero-order chi connectivity index (χ0) is 22.7. The molecule has 0 atom stereocenters. The maximum atomic E-state index is 14.7. The summed E-state index contributed by atoms with van der Waals surface area (Å²) < 4.78 is 49.4. The monoisotopic (exact) mass is 438 g/mol. The van der Waals surface area contributed by atoms with Crippen molar-refractivity contribution in [3.63, 3.8) is 0 Å². The van der Waals surface area contributed by atoms with Crippen molar-refractivity contribution in [1.29, 1.82) is 0 Å². The van der Waals surface area contributed by atoms with Crippen LogP contribution in [0.15, 0.2) is 54.6 Å². The van der Waals surface area contributed by atoms with Crippen LogP contribution in [-0.4, -0.2) is 6.61 Å². The first-order valence-electron chi connectivity index (χ1n) is 11.4. The summed E-state index contributed by atoms with van der Waals surface area (Å²) in [4.78, 5) is 0. The smallest absolute Gasteiger partial charge is 0.201 e. The summed E-state index contributed by atoms with van der Waals surface area (Å²) >= 11 is 0. The van der Waals surface area contributed by atoms with Crippen molar-refractivity contribution in [3.8, 4) is 16.9 Å². The van der Waals surface area contributed by atoms with Crippen molar-refractivity contribution in [2.24, 2.45) is 5.92 Å². The second kappa shape index (κ2) is 9.81. The number of rotatable bonds is 6. The summed E-state index contributed by atoms with van der Waals surface area (Å²) in [7, 11) is 0. The van der Waals surface area contributed by atoms with E-state index in [1.54, 1.807) is 24.3 Å². The summed E-state index contributed by atoms with van der Waals surface area (Å²) in [5, 5.41) is 0. The van der Waals surface area contributed by atoms with Crippen LogP contribution in [0.4, 0.5) is 13.2 Å². The number of aryl methyl sites for hydroxylation is 2. The van der Waals surface area contributed by atoms with Crippen molar-refractivity contribution in [2.75, 3.05) is 6.61 Å². The lowest BCUT2D eigenvalue weighted by atomic mass is 9.78. The Labute approximate surface area is 188 Å². The van der Waals surface area contributed by atoms with Gasteiger partial charge < -0.3 is 4.74 Å². The SMILES string of the molecule is CCc1ccc(C2CCC(COc3ccc(-c4ccc(C)cc4)c(F)c3F)CC2)c(F)c1. The first-order valence-corrected chi connectivity index (χ1v) is 11.4. The topological polar surface area (TPSA) is 9.23 Å². The molecule has 0 spiro atoms. The summed E-state index contributed by atoms with van der Waals surface area (Å²) in [5.41, 5.74) is 3.73. The lowest BCUT2D eigenvalue weighted by molar-refractivity contribution is 0.192. The van der Waals surface area contributed by atoms with Crippen LogP contribution in [0.3, 0.4) is 0 Å². The van der Waals surface area contributed by atoms with Gasteiger partial charge in [-0.15, -0.1) is 0 Å². The zero-order valence-electron chi connectivity index (χ0n) is 18.6. The fourth-order valence-corrected chi connectivity index (χ4v) is 4.57. The van der Waals surface area contributed by atoms with E-state index >= 15 is 0 Å². The van der Waals surface area contributed by atoms with Gasteiger partial charge in [-0.2, -0.15) is 4.39 Å². The standard InChI is InChI=1S/C28H29F3O/c1-3-19-8-13-23(25(29)16-19)21-11-6-20(7-12-21)17-32-26-15-14-24(27(30)28(26)31)22-9-4-18(2)5-10-22/h4-5,8-10,13-16,20-21H,3,6-7,11-12,17H2,1-2H3. The van der Waals surface area contributed by atoms with Crippen molar-refractivity contribution >= 4 is 0 Å². The third-order valence-corrected chi connectivity index (χ3v) is 6.64. The van der Waals surface area contributed by atoms with E-state index in [4.69, 9.17) is 4.74 Å². The molecule has 0 bridgehead atoms. The Balaban J connectivity index is 1.36. The molecule has 0 aromatic heterocycles. The number of hydrogen-bond acceptors (Lipinski definition) is 1.